The summed E-state index contributed by atoms with van der Waals surface area (Å²) in [5.41, 5.74) is 1.49. The first kappa shape index (κ1) is 23.9. The van der Waals surface area contributed by atoms with Crippen molar-refractivity contribution >= 4 is 11.8 Å². The Hall–Kier alpha value is -2.71. The van der Waals surface area contributed by atoms with E-state index in [4.69, 9.17) is 4.42 Å². The fraction of sp³-hybridized carbons (Fsp3) is 0.542. The van der Waals surface area contributed by atoms with Crippen molar-refractivity contribution in [2.75, 3.05) is 6.54 Å². The van der Waals surface area contributed by atoms with Crippen LogP contribution in [0.25, 0.3) is 11.3 Å². The van der Waals surface area contributed by atoms with E-state index in [1.807, 2.05) is 58.9 Å². The monoisotopic (exact) mass is 442 g/mol. The second kappa shape index (κ2) is 9.83. The van der Waals surface area contributed by atoms with Gasteiger partial charge in [-0.1, -0.05) is 58.9 Å². The molecule has 0 radical (unpaired) electrons. The summed E-state index contributed by atoms with van der Waals surface area (Å²) in [5, 5.41) is 16.5. The molecule has 1 fully saturated rings. The van der Waals surface area contributed by atoms with Gasteiger partial charge < -0.3 is 25.1 Å². The number of β-amino-alcohol motifs (C(OH)–C–C–N with tert-alkyl or cyclic N) is 1. The maximum Gasteiger partial charge on any atom is 0.243 e. The number of carbonyl (C=O) groups is 2. The van der Waals surface area contributed by atoms with Crippen molar-refractivity contribution in [3.8, 4) is 11.3 Å². The molecule has 3 N–H and O–H groups in total. The summed E-state index contributed by atoms with van der Waals surface area (Å²) in [6, 6.07) is 6.60. The molecule has 32 heavy (non-hydrogen) atoms. The number of aliphatic hydroxyl groups is 1. The Morgan fingerprint density at radius 1 is 1.25 bits per heavy atom. The van der Waals surface area contributed by atoms with Crippen LogP contribution >= 0.6 is 0 Å². The highest BCUT2D eigenvalue weighted by Gasteiger charge is 2.43. The molecule has 174 valence electrons. The van der Waals surface area contributed by atoms with Crippen LogP contribution in [0.4, 0.5) is 0 Å². The SMILES string of the molecule is CC(C)N[C@H](C(=O)N1C[C@H](O)C[C@H]1C(=O)NCc1ccc(-c2cnco2)cc1)C(C)(C)C. The summed E-state index contributed by atoms with van der Waals surface area (Å²) in [6.07, 6.45) is 2.55. The molecular weight excluding hydrogens is 408 g/mol. The van der Waals surface area contributed by atoms with E-state index in [9.17, 15) is 14.7 Å². The highest BCUT2D eigenvalue weighted by molar-refractivity contribution is 5.91. The van der Waals surface area contributed by atoms with E-state index in [1.165, 1.54) is 11.3 Å². The molecule has 1 aromatic heterocycles. The predicted molar refractivity (Wildman–Crippen MR) is 121 cm³/mol. The number of aromatic nitrogens is 1. The first-order chi connectivity index (χ1) is 15.1. The summed E-state index contributed by atoms with van der Waals surface area (Å²) < 4.78 is 5.29. The highest BCUT2D eigenvalue weighted by Crippen LogP contribution is 2.26. The van der Waals surface area contributed by atoms with Crippen LogP contribution in [0.15, 0.2) is 41.3 Å². The Kier molecular flexibility index (Phi) is 7.36. The van der Waals surface area contributed by atoms with E-state index in [0.29, 0.717) is 12.3 Å². The Balaban J connectivity index is 1.66. The van der Waals surface area contributed by atoms with Gasteiger partial charge in [-0.2, -0.15) is 0 Å². The first-order valence-electron chi connectivity index (χ1n) is 11.1. The van der Waals surface area contributed by atoms with Crippen molar-refractivity contribution in [3.05, 3.63) is 42.4 Å². The van der Waals surface area contributed by atoms with Gasteiger partial charge in [0.2, 0.25) is 11.8 Å². The van der Waals surface area contributed by atoms with Crippen LogP contribution in [-0.2, 0) is 16.1 Å². The molecule has 0 aliphatic carbocycles. The normalized spacial score (nSPS) is 19.9. The van der Waals surface area contributed by atoms with Crippen LogP contribution < -0.4 is 10.6 Å². The molecule has 0 spiro atoms. The molecule has 1 aromatic carbocycles. The predicted octanol–water partition coefficient (Wildman–Crippen LogP) is 2.33. The number of aliphatic hydroxyl groups excluding tert-OH is 1. The van der Waals surface area contributed by atoms with E-state index >= 15 is 0 Å². The first-order valence-corrected chi connectivity index (χ1v) is 11.1. The molecular formula is C24H34N4O4. The van der Waals surface area contributed by atoms with Gasteiger partial charge in [-0.3, -0.25) is 9.59 Å². The van der Waals surface area contributed by atoms with Gasteiger partial charge in [-0.15, -0.1) is 0 Å². The van der Waals surface area contributed by atoms with Crippen LogP contribution in [0.1, 0.15) is 46.6 Å². The Morgan fingerprint density at radius 2 is 1.94 bits per heavy atom. The van der Waals surface area contributed by atoms with E-state index < -0.39 is 18.2 Å². The lowest BCUT2D eigenvalue weighted by Crippen LogP contribution is -2.57. The van der Waals surface area contributed by atoms with Gasteiger partial charge in [0, 0.05) is 31.1 Å². The highest BCUT2D eigenvalue weighted by atomic mass is 16.3. The van der Waals surface area contributed by atoms with E-state index in [2.05, 4.69) is 15.6 Å². The number of nitrogens with one attached hydrogen (secondary N) is 2. The molecule has 0 saturated carbocycles. The van der Waals surface area contributed by atoms with Gasteiger partial charge in [0.15, 0.2) is 12.2 Å². The van der Waals surface area contributed by atoms with Gasteiger partial charge in [0.1, 0.15) is 6.04 Å². The largest absolute Gasteiger partial charge is 0.444 e. The second-order valence-corrected chi connectivity index (χ2v) is 9.80. The number of oxazole rings is 1. The number of hydrogen-bond acceptors (Lipinski definition) is 6. The third kappa shape index (κ3) is 5.75. The molecule has 8 heteroatoms. The minimum atomic E-state index is -0.712. The van der Waals surface area contributed by atoms with Crippen molar-refractivity contribution in [2.45, 2.75) is 71.8 Å². The Bertz CT molecular complexity index is 903. The summed E-state index contributed by atoms with van der Waals surface area (Å²) in [4.78, 5) is 31.8. The van der Waals surface area contributed by atoms with Gasteiger partial charge in [-0.25, -0.2) is 4.98 Å². The zero-order chi connectivity index (χ0) is 23.5. The smallest absolute Gasteiger partial charge is 0.243 e. The molecule has 1 aliphatic heterocycles. The number of amides is 2. The molecule has 2 aromatic rings. The zero-order valence-corrected chi connectivity index (χ0v) is 19.5. The Morgan fingerprint density at radius 3 is 2.50 bits per heavy atom. The van der Waals surface area contributed by atoms with Crippen LogP contribution in [0.3, 0.4) is 0 Å². The molecule has 2 amide bonds. The zero-order valence-electron chi connectivity index (χ0n) is 19.5. The van der Waals surface area contributed by atoms with Crippen LogP contribution in [-0.4, -0.2) is 57.6 Å². The van der Waals surface area contributed by atoms with E-state index in [1.54, 1.807) is 6.20 Å². The molecule has 8 nitrogen and oxygen atoms in total. The molecule has 1 saturated heterocycles. The van der Waals surface area contributed by atoms with Gasteiger partial charge >= 0.3 is 0 Å². The van der Waals surface area contributed by atoms with Crippen molar-refractivity contribution in [1.82, 2.24) is 20.5 Å². The van der Waals surface area contributed by atoms with Crippen LogP contribution in [0.2, 0.25) is 0 Å². The van der Waals surface area contributed by atoms with Gasteiger partial charge in [0.25, 0.3) is 0 Å². The maximum atomic E-state index is 13.4. The summed E-state index contributed by atoms with van der Waals surface area (Å²) in [5.74, 6) is 0.267. The van der Waals surface area contributed by atoms with Crippen molar-refractivity contribution < 1.29 is 19.1 Å². The number of rotatable bonds is 7. The number of carbonyl (C=O) groups excluding carboxylic acids is 2. The summed E-state index contributed by atoms with van der Waals surface area (Å²) in [6.45, 7) is 10.5. The molecule has 3 atom stereocenters. The fourth-order valence-electron chi connectivity index (χ4n) is 3.95. The molecule has 1 aliphatic rings. The fourth-order valence-corrected chi connectivity index (χ4v) is 3.95. The lowest BCUT2D eigenvalue weighted by Gasteiger charge is -2.36. The maximum absolute atomic E-state index is 13.4. The van der Waals surface area contributed by atoms with Gasteiger partial charge in [0.05, 0.1) is 18.3 Å². The quantitative estimate of drug-likeness (QED) is 0.608. The van der Waals surface area contributed by atoms with Crippen molar-refractivity contribution in [1.29, 1.82) is 0 Å². The topological polar surface area (TPSA) is 108 Å². The molecule has 2 heterocycles. The number of likely N-dealkylation sites (tertiary alicyclic amines) is 1. The van der Waals surface area contributed by atoms with Gasteiger partial charge in [-0.05, 0) is 11.0 Å². The number of hydrogen-bond donors (Lipinski definition) is 3. The summed E-state index contributed by atoms with van der Waals surface area (Å²) >= 11 is 0. The minimum absolute atomic E-state index is 0.114. The molecule has 3 rings (SSSR count). The van der Waals surface area contributed by atoms with Crippen LogP contribution in [0.5, 0.6) is 0 Å². The summed E-state index contributed by atoms with van der Waals surface area (Å²) in [7, 11) is 0. The molecule has 0 bridgehead atoms. The van der Waals surface area contributed by atoms with Crippen LogP contribution in [0, 0.1) is 5.41 Å². The lowest BCUT2D eigenvalue weighted by molar-refractivity contribution is -0.142. The Labute approximate surface area is 189 Å². The number of benzene rings is 1. The third-order valence-corrected chi connectivity index (χ3v) is 5.62. The standard InChI is InChI=1S/C24H34N4O4/c1-15(2)27-21(24(3,4)5)23(31)28-13-18(29)10-19(28)22(30)26-11-16-6-8-17(9-7-16)20-12-25-14-32-20/h6-9,12,14-15,18-19,21,27,29H,10-11,13H2,1-5H3,(H,26,30)/t18-,19+,21-/m1/s1. The second-order valence-electron chi connectivity index (χ2n) is 9.80. The van der Waals surface area contributed by atoms with Crippen molar-refractivity contribution in [3.63, 3.8) is 0 Å². The third-order valence-electron chi connectivity index (χ3n) is 5.62. The minimum Gasteiger partial charge on any atom is -0.444 e. The average Bonchev–Trinajstić information content (AvgIpc) is 3.39. The number of nitrogens with zero attached hydrogens (tertiary/aromatic N) is 2. The molecule has 0 unspecified atom stereocenters. The van der Waals surface area contributed by atoms with E-state index in [0.717, 1.165) is 11.1 Å². The van der Waals surface area contributed by atoms with Crippen molar-refractivity contribution in [2.24, 2.45) is 5.41 Å². The average molecular weight is 443 g/mol. The van der Waals surface area contributed by atoms with E-state index in [-0.39, 0.29) is 36.2 Å². The lowest BCUT2D eigenvalue weighted by atomic mass is 9.85.